The van der Waals surface area contributed by atoms with Crippen molar-refractivity contribution in [3.8, 4) is 5.75 Å². The van der Waals surface area contributed by atoms with Crippen molar-refractivity contribution in [1.82, 2.24) is 14.4 Å². The van der Waals surface area contributed by atoms with Gasteiger partial charge in [0.2, 0.25) is 0 Å². The normalized spacial score (nSPS) is 11.0. The lowest BCUT2D eigenvalue weighted by Gasteiger charge is -2.03. The molecule has 0 fully saturated rings. The van der Waals surface area contributed by atoms with Crippen LogP contribution in [-0.4, -0.2) is 20.3 Å². The number of benzene rings is 1. The number of esters is 1. The van der Waals surface area contributed by atoms with Gasteiger partial charge in [0.05, 0.1) is 22.8 Å². The third-order valence-corrected chi connectivity index (χ3v) is 5.04. The number of pyridine rings is 1. The van der Waals surface area contributed by atoms with Gasteiger partial charge in [0, 0.05) is 17.8 Å². The molecule has 4 rings (SSSR count). The number of fused-ring (bicyclic) bond motifs is 1. The van der Waals surface area contributed by atoms with E-state index in [0.717, 1.165) is 5.65 Å². The van der Waals surface area contributed by atoms with E-state index < -0.39 is 5.97 Å². The van der Waals surface area contributed by atoms with Gasteiger partial charge in [0.1, 0.15) is 35.4 Å². The van der Waals surface area contributed by atoms with Gasteiger partial charge in [0.15, 0.2) is 0 Å². The van der Waals surface area contributed by atoms with Crippen molar-refractivity contribution < 1.29 is 18.7 Å². The van der Waals surface area contributed by atoms with Gasteiger partial charge in [-0.05, 0) is 36.4 Å². The summed E-state index contributed by atoms with van der Waals surface area (Å²) in [5, 5.41) is 3.10. The Kier molecular flexibility index (Phi) is 5.73. The van der Waals surface area contributed by atoms with E-state index in [9.17, 15) is 9.18 Å². The van der Waals surface area contributed by atoms with Crippen molar-refractivity contribution in [3.63, 3.8) is 0 Å². The predicted molar refractivity (Wildman–Crippen MR) is 107 cm³/mol. The molecule has 0 unspecified atom stereocenters. The average molecular weight is 432 g/mol. The van der Waals surface area contributed by atoms with Gasteiger partial charge in [-0.25, -0.2) is 14.4 Å². The van der Waals surface area contributed by atoms with E-state index >= 15 is 0 Å². The molecule has 29 heavy (non-hydrogen) atoms. The molecular formula is C20H15ClFN3O3S. The molecule has 9 heteroatoms. The summed E-state index contributed by atoms with van der Waals surface area (Å²) in [6.07, 6.45) is 3.56. The highest BCUT2D eigenvalue weighted by molar-refractivity contribution is 7.09. The molecule has 4 aromatic rings. The van der Waals surface area contributed by atoms with E-state index in [-0.39, 0.29) is 25.5 Å². The minimum atomic E-state index is -0.392. The summed E-state index contributed by atoms with van der Waals surface area (Å²) >= 11 is 7.33. The van der Waals surface area contributed by atoms with Crippen molar-refractivity contribution in [1.29, 1.82) is 0 Å². The molecule has 0 aliphatic rings. The van der Waals surface area contributed by atoms with Crippen molar-refractivity contribution in [2.75, 3.05) is 0 Å². The number of carbonyl (C=O) groups excluding carboxylic acids is 1. The highest BCUT2D eigenvalue weighted by atomic mass is 35.5. The minimum Gasteiger partial charge on any atom is -0.486 e. The van der Waals surface area contributed by atoms with Crippen molar-refractivity contribution in [3.05, 3.63) is 81.4 Å². The van der Waals surface area contributed by atoms with Crippen LogP contribution < -0.4 is 4.74 Å². The first-order valence-corrected chi connectivity index (χ1v) is 9.91. The third-order valence-electron chi connectivity index (χ3n) is 3.95. The minimum absolute atomic E-state index is 0.0618. The Bertz CT molecular complexity index is 1140. The summed E-state index contributed by atoms with van der Waals surface area (Å²) in [5.41, 5.74) is 1.97. The second kappa shape index (κ2) is 8.59. The molecule has 3 aromatic heterocycles. The molecule has 0 aliphatic heterocycles. The van der Waals surface area contributed by atoms with Crippen LogP contribution in [0.3, 0.4) is 0 Å². The van der Waals surface area contributed by atoms with Gasteiger partial charge < -0.3 is 13.9 Å². The molecule has 0 radical (unpaired) electrons. The maximum Gasteiger partial charge on any atom is 0.312 e. The van der Waals surface area contributed by atoms with Crippen LogP contribution in [0.25, 0.3) is 5.65 Å². The van der Waals surface area contributed by atoms with E-state index in [2.05, 4.69) is 9.97 Å². The molecule has 148 valence electrons. The van der Waals surface area contributed by atoms with Gasteiger partial charge in [-0.3, -0.25) is 4.79 Å². The lowest BCUT2D eigenvalue weighted by atomic mass is 10.3. The van der Waals surface area contributed by atoms with Gasteiger partial charge in [-0.15, -0.1) is 11.3 Å². The van der Waals surface area contributed by atoms with Crippen molar-refractivity contribution >= 4 is 34.6 Å². The Balaban J connectivity index is 1.27. The van der Waals surface area contributed by atoms with Crippen molar-refractivity contribution in [2.45, 2.75) is 19.6 Å². The van der Waals surface area contributed by atoms with Crippen LogP contribution in [0.1, 0.15) is 16.4 Å². The van der Waals surface area contributed by atoms with E-state index in [1.807, 2.05) is 0 Å². The zero-order chi connectivity index (χ0) is 20.2. The SMILES string of the molecule is O=C(Cc1csc(COc2ccc(F)cc2)n1)OCc1cn2cc(Cl)ccc2n1. The van der Waals surface area contributed by atoms with Gasteiger partial charge in [-0.2, -0.15) is 0 Å². The molecule has 0 N–H and O–H groups in total. The molecular weight excluding hydrogens is 417 g/mol. The number of hydrogen-bond donors (Lipinski definition) is 0. The zero-order valence-corrected chi connectivity index (χ0v) is 16.6. The van der Waals surface area contributed by atoms with Crippen LogP contribution in [-0.2, 0) is 29.2 Å². The largest absolute Gasteiger partial charge is 0.486 e. The quantitative estimate of drug-likeness (QED) is 0.404. The predicted octanol–water partition coefficient (Wildman–Crippen LogP) is 4.45. The number of thiazole rings is 1. The number of ether oxygens (including phenoxy) is 2. The van der Waals surface area contributed by atoms with E-state index in [1.165, 1.54) is 23.5 Å². The van der Waals surface area contributed by atoms with Crippen LogP contribution >= 0.6 is 22.9 Å². The Morgan fingerprint density at radius 1 is 1.07 bits per heavy atom. The fraction of sp³-hybridized carbons (Fsp3) is 0.150. The Morgan fingerprint density at radius 3 is 2.72 bits per heavy atom. The van der Waals surface area contributed by atoms with Crippen LogP contribution in [0, 0.1) is 5.82 Å². The summed E-state index contributed by atoms with van der Waals surface area (Å²) in [5.74, 6) is -0.160. The summed E-state index contributed by atoms with van der Waals surface area (Å²) in [6.45, 7) is 0.317. The van der Waals surface area contributed by atoms with Crippen LogP contribution in [0.15, 0.2) is 54.2 Å². The number of halogens is 2. The summed E-state index contributed by atoms with van der Waals surface area (Å²) in [4.78, 5) is 20.8. The monoisotopic (exact) mass is 431 g/mol. The molecule has 0 saturated carbocycles. The number of imidazole rings is 1. The molecule has 1 aromatic carbocycles. The first kappa shape index (κ1) is 19.4. The number of aromatic nitrogens is 3. The van der Waals surface area contributed by atoms with Gasteiger partial charge in [0.25, 0.3) is 0 Å². The smallest absolute Gasteiger partial charge is 0.312 e. The van der Waals surface area contributed by atoms with Crippen LogP contribution in [0.5, 0.6) is 5.75 Å². The van der Waals surface area contributed by atoms with Gasteiger partial charge >= 0.3 is 5.97 Å². The van der Waals surface area contributed by atoms with Gasteiger partial charge in [-0.1, -0.05) is 11.6 Å². The maximum atomic E-state index is 12.9. The first-order chi connectivity index (χ1) is 14.0. The molecule has 0 bridgehead atoms. The Morgan fingerprint density at radius 2 is 1.90 bits per heavy atom. The Hall–Kier alpha value is -2.97. The highest BCUT2D eigenvalue weighted by Crippen LogP contribution is 2.17. The summed E-state index contributed by atoms with van der Waals surface area (Å²) in [7, 11) is 0. The molecule has 0 atom stereocenters. The third kappa shape index (κ3) is 5.10. The van der Waals surface area contributed by atoms with E-state index in [1.54, 1.807) is 46.4 Å². The lowest BCUT2D eigenvalue weighted by molar-refractivity contribution is -0.144. The Labute approximate surface area is 174 Å². The fourth-order valence-corrected chi connectivity index (χ4v) is 3.49. The summed E-state index contributed by atoms with van der Waals surface area (Å²) in [6, 6.07) is 9.30. The lowest BCUT2D eigenvalue weighted by Crippen LogP contribution is -2.08. The summed E-state index contributed by atoms with van der Waals surface area (Å²) < 4.78 is 25.5. The van der Waals surface area contributed by atoms with Crippen LogP contribution in [0.4, 0.5) is 4.39 Å². The molecule has 0 spiro atoms. The molecule has 0 amide bonds. The number of rotatable bonds is 7. The van der Waals surface area contributed by atoms with E-state index in [4.69, 9.17) is 21.1 Å². The number of nitrogens with zero attached hydrogens (tertiary/aromatic N) is 3. The second-order valence-electron chi connectivity index (χ2n) is 6.16. The first-order valence-electron chi connectivity index (χ1n) is 8.65. The molecule has 3 heterocycles. The zero-order valence-electron chi connectivity index (χ0n) is 15.0. The highest BCUT2D eigenvalue weighted by Gasteiger charge is 2.11. The fourth-order valence-electron chi connectivity index (χ4n) is 2.61. The maximum absolute atomic E-state index is 12.9. The standard InChI is InChI=1S/C20H15ClFN3O3S/c21-13-1-6-18-23-16(9-25(18)8-13)10-28-20(26)7-15-12-29-19(24-15)11-27-17-4-2-14(22)3-5-17/h1-6,8-9,12H,7,10-11H2. The van der Waals surface area contributed by atoms with Crippen molar-refractivity contribution in [2.24, 2.45) is 0 Å². The number of hydrogen-bond acceptors (Lipinski definition) is 6. The topological polar surface area (TPSA) is 65.7 Å². The van der Waals surface area contributed by atoms with E-state index in [0.29, 0.717) is 27.2 Å². The van der Waals surface area contributed by atoms with Crippen LogP contribution in [0.2, 0.25) is 5.02 Å². The number of carbonyl (C=O) groups is 1. The average Bonchev–Trinajstić information content (AvgIpc) is 3.32. The molecule has 0 aliphatic carbocycles. The molecule has 0 saturated heterocycles. The molecule has 6 nitrogen and oxygen atoms in total. The second-order valence-corrected chi connectivity index (χ2v) is 7.54.